The molecule has 7 heteroatoms. The zero-order valence-electron chi connectivity index (χ0n) is 12.6. The first kappa shape index (κ1) is 16.4. The molecule has 118 valence electrons. The number of nitrogens with zero attached hydrogens (tertiary/aromatic N) is 2. The summed E-state index contributed by atoms with van der Waals surface area (Å²) in [7, 11) is -3.11. The third kappa shape index (κ3) is 4.23. The highest BCUT2D eigenvalue weighted by Crippen LogP contribution is 2.28. The summed E-state index contributed by atoms with van der Waals surface area (Å²) in [6.45, 7) is 3.21. The Morgan fingerprint density at radius 2 is 2.33 bits per heavy atom. The zero-order valence-corrected chi connectivity index (χ0v) is 13.4. The second-order valence-electron chi connectivity index (χ2n) is 5.79. The van der Waals surface area contributed by atoms with Crippen molar-refractivity contribution in [3.63, 3.8) is 0 Å². The maximum Gasteiger partial charge on any atom is 0.211 e. The van der Waals surface area contributed by atoms with E-state index in [2.05, 4.69) is 10.4 Å². The summed E-state index contributed by atoms with van der Waals surface area (Å²) < 4.78 is 24.9. The van der Waals surface area contributed by atoms with E-state index in [4.69, 9.17) is 5.84 Å². The Labute approximate surface area is 126 Å². The molecule has 2 heterocycles. The van der Waals surface area contributed by atoms with E-state index in [-0.39, 0.29) is 6.04 Å². The highest BCUT2D eigenvalue weighted by Gasteiger charge is 2.28. The molecule has 0 aliphatic carbocycles. The van der Waals surface area contributed by atoms with Crippen LogP contribution in [-0.4, -0.2) is 37.1 Å². The standard InChI is InChI=1S/C14H24N4O2S/c1-11-5-3-7-16-14(11)13(17-15)9-12-6-4-8-18(10-12)21(2,19)20/h3,5,7,12-13,17H,4,6,8-10,15H2,1-2H3. The van der Waals surface area contributed by atoms with Gasteiger partial charge in [0.15, 0.2) is 0 Å². The van der Waals surface area contributed by atoms with Crippen molar-refractivity contribution in [2.24, 2.45) is 11.8 Å². The van der Waals surface area contributed by atoms with Crippen molar-refractivity contribution in [2.45, 2.75) is 32.2 Å². The quantitative estimate of drug-likeness (QED) is 0.624. The Morgan fingerprint density at radius 1 is 1.57 bits per heavy atom. The molecule has 21 heavy (non-hydrogen) atoms. The van der Waals surface area contributed by atoms with Gasteiger partial charge in [-0.3, -0.25) is 16.3 Å². The molecule has 1 aromatic heterocycles. The minimum atomic E-state index is -3.11. The predicted molar refractivity (Wildman–Crippen MR) is 82.8 cm³/mol. The van der Waals surface area contributed by atoms with Gasteiger partial charge in [-0.2, -0.15) is 0 Å². The summed E-state index contributed by atoms with van der Waals surface area (Å²) in [6, 6.07) is 3.87. The van der Waals surface area contributed by atoms with Gasteiger partial charge in [0.25, 0.3) is 0 Å². The van der Waals surface area contributed by atoms with Crippen LogP contribution in [0.15, 0.2) is 18.3 Å². The van der Waals surface area contributed by atoms with E-state index in [1.165, 1.54) is 6.26 Å². The molecule has 0 radical (unpaired) electrons. The molecule has 3 N–H and O–H groups in total. The van der Waals surface area contributed by atoms with Gasteiger partial charge in [0.1, 0.15) is 0 Å². The first-order valence-electron chi connectivity index (χ1n) is 7.24. The Kier molecular flexibility index (Phi) is 5.32. The fourth-order valence-electron chi connectivity index (χ4n) is 2.98. The maximum absolute atomic E-state index is 11.7. The first-order valence-corrected chi connectivity index (χ1v) is 9.09. The molecule has 0 spiro atoms. The van der Waals surface area contributed by atoms with Gasteiger partial charge in [-0.1, -0.05) is 6.07 Å². The summed E-state index contributed by atoms with van der Waals surface area (Å²) in [4.78, 5) is 4.41. The second kappa shape index (κ2) is 6.83. The molecule has 1 aliphatic heterocycles. The average molecular weight is 312 g/mol. The van der Waals surface area contributed by atoms with Crippen molar-refractivity contribution < 1.29 is 8.42 Å². The van der Waals surface area contributed by atoms with Gasteiger partial charge in [-0.15, -0.1) is 0 Å². The topological polar surface area (TPSA) is 88.3 Å². The molecular weight excluding hydrogens is 288 g/mol. The molecule has 2 rings (SSSR count). The molecule has 2 atom stereocenters. The molecule has 1 aromatic rings. The lowest BCUT2D eigenvalue weighted by molar-refractivity contribution is 0.237. The number of hydrazine groups is 1. The van der Waals surface area contributed by atoms with Crippen molar-refractivity contribution in [1.29, 1.82) is 0 Å². The molecule has 1 aliphatic rings. The Bertz CT molecular complexity index is 576. The lowest BCUT2D eigenvalue weighted by Crippen LogP contribution is -2.41. The highest BCUT2D eigenvalue weighted by molar-refractivity contribution is 7.88. The monoisotopic (exact) mass is 312 g/mol. The number of aryl methyl sites for hydroxylation is 1. The highest BCUT2D eigenvalue weighted by atomic mass is 32.2. The van der Waals surface area contributed by atoms with Crippen LogP contribution in [-0.2, 0) is 10.0 Å². The normalized spacial score (nSPS) is 22.1. The molecule has 1 fully saturated rings. The summed E-state index contributed by atoms with van der Waals surface area (Å²) in [5, 5.41) is 0. The summed E-state index contributed by atoms with van der Waals surface area (Å²) in [5.41, 5.74) is 4.86. The van der Waals surface area contributed by atoms with E-state index >= 15 is 0 Å². The minimum absolute atomic E-state index is 0.0456. The zero-order chi connectivity index (χ0) is 15.5. The largest absolute Gasteiger partial charge is 0.271 e. The third-order valence-corrected chi connectivity index (χ3v) is 5.37. The molecule has 1 saturated heterocycles. The summed E-state index contributed by atoms with van der Waals surface area (Å²) in [5.74, 6) is 5.99. The maximum atomic E-state index is 11.7. The predicted octanol–water partition coefficient (Wildman–Crippen LogP) is 0.956. The van der Waals surface area contributed by atoms with Crippen LogP contribution in [0.25, 0.3) is 0 Å². The van der Waals surface area contributed by atoms with E-state index in [9.17, 15) is 8.42 Å². The van der Waals surface area contributed by atoms with Gasteiger partial charge in [0, 0.05) is 19.3 Å². The molecule has 0 amide bonds. The van der Waals surface area contributed by atoms with Crippen molar-refractivity contribution in [3.05, 3.63) is 29.6 Å². The SMILES string of the molecule is Cc1cccnc1C(CC1CCCN(S(C)(=O)=O)C1)NN. The Hall–Kier alpha value is -1.02. The van der Waals surface area contributed by atoms with E-state index in [0.717, 1.165) is 30.5 Å². The molecular formula is C14H24N4O2S. The van der Waals surface area contributed by atoms with Crippen molar-refractivity contribution in [1.82, 2.24) is 14.7 Å². The van der Waals surface area contributed by atoms with Crippen LogP contribution in [0.2, 0.25) is 0 Å². The third-order valence-electron chi connectivity index (χ3n) is 4.10. The number of hydrogen-bond acceptors (Lipinski definition) is 5. The molecule has 6 nitrogen and oxygen atoms in total. The summed E-state index contributed by atoms with van der Waals surface area (Å²) >= 11 is 0. The average Bonchev–Trinajstić information content (AvgIpc) is 2.45. The van der Waals surface area contributed by atoms with Crippen LogP contribution in [0, 0.1) is 12.8 Å². The number of hydrogen-bond donors (Lipinski definition) is 2. The van der Waals surface area contributed by atoms with Gasteiger partial charge in [0.05, 0.1) is 18.0 Å². The van der Waals surface area contributed by atoms with Crippen LogP contribution >= 0.6 is 0 Å². The molecule has 2 unspecified atom stereocenters. The van der Waals surface area contributed by atoms with Crippen LogP contribution < -0.4 is 11.3 Å². The van der Waals surface area contributed by atoms with Crippen LogP contribution in [0.4, 0.5) is 0 Å². The fourth-order valence-corrected chi connectivity index (χ4v) is 3.92. The van der Waals surface area contributed by atoms with Crippen LogP contribution in [0.3, 0.4) is 0 Å². The number of sulfonamides is 1. The van der Waals surface area contributed by atoms with Crippen LogP contribution in [0.1, 0.15) is 36.6 Å². The molecule has 0 bridgehead atoms. The Balaban J connectivity index is 2.07. The number of pyridine rings is 1. The lowest BCUT2D eigenvalue weighted by Gasteiger charge is -2.33. The van der Waals surface area contributed by atoms with E-state index in [0.29, 0.717) is 19.0 Å². The van der Waals surface area contributed by atoms with Crippen molar-refractivity contribution >= 4 is 10.0 Å². The van der Waals surface area contributed by atoms with Crippen molar-refractivity contribution in [2.75, 3.05) is 19.3 Å². The first-order chi connectivity index (χ1) is 9.91. The number of nitrogens with two attached hydrogens (primary N) is 1. The van der Waals surface area contributed by atoms with Gasteiger partial charge in [-0.05, 0) is 43.7 Å². The number of aromatic nitrogens is 1. The number of piperidine rings is 1. The lowest BCUT2D eigenvalue weighted by atomic mass is 9.90. The summed E-state index contributed by atoms with van der Waals surface area (Å²) in [6.07, 6.45) is 5.75. The minimum Gasteiger partial charge on any atom is -0.271 e. The second-order valence-corrected chi connectivity index (χ2v) is 7.77. The Morgan fingerprint density at radius 3 is 2.95 bits per heavy atom. The smallest absolute Gasteiger partial charge is 0.211 e. The van der Waals surface area contributed by atoms with Gasteiger partial charge in [-0.25, -0.2) is 12.7 Å². The van der Waals surface area contributed by atoms with Gasteiger partial charge in [0.2, 0.25) is 10.0 Å². The van der Waals surface area contributed by atoms with E-state index in [1.807, 2.05) is 19.1 Å². The fraction of sp³-hybridized carbons (Fsp3) is 0.643. The molecule has 0 aromatic carbocycles. The van der Waals surface area contributed by atoms with Crippen LogP contribution in [0.5, 0.6) is 0 Å². The van der Waals surface area contributed by atoms with E-state index < -0.39 is 10.0 Å². The van der Waals surface area contributed by atoms with Gasteiger partial charge < -0.3 is 0 Å². The molecule has 0 saturated carbocycles. The van der Waals surface area contributed by atoms with Gasteiger partial charge >= 0.3 is 0 Å². The van der Waals surface area contributed by atoms with Crippen molar-refractivity contribution in [3.8, 4) is 0 Å². The number of nitrogens with one attached hydrogen (secondary N) is 1. The number of rotatable bonds is 5. The van der Waals surface area contributed by atoms with E-state index in [1.54, 1.807) is 10.5 Å².